The number of carbonyl (C=O) groups excluding carboxylic acids is 2. The number of nitrogen functional groups attached to an aromatic ring is 1. The summed E-state index contributed by atoms with van der Waals surface area (Å²) in [6.07, 6.45) is 0.829. The van der Waals surface area contributed by atoms with E-state index >= 15 is 0 Å². The van der Waals surface area contributed by atoms with Gasteiger partial charge in [-0.05, 0) is 25.0 Å². The number of nitrogens with one attached hydrogen (secondary N) is 1. The van der Waals surface area contributed by atoms with Gasteiger partial charge < -0.3 is 16.8 Å². The number of amides is 2. The molecule has 0 heterocycles. The van der Waals surface area contributed by atoms with Crippen molar-refractivity contribution < 1.29 is 9.59 Å². The van der Waals surface area contributed by atoms with Crippen LogP contribution < -0.4 is 16.8 Å². The Hall–Kier alpha value is -2.04. The largest absolute Gasteiger partial charge is 0.399 e. The molecule has 0 saturated heterocycles. The Morgan fingerprint density at radius 1 is 1.35 bits per heavy atom. The quantitative estimate of drug-likeness (QED) is 0.635. The lowest BCUT2D eigenvalue weighted by molar-refractivity contribution is -0.126. The van der Waals surface area contributed by atoms with E-state index in [2.05, 4.69) is 5.32 Å². The Morgan fingerprint density at radius 3 is 2.59 bits per heavy atom. The molecule has 0 aliphatic rings. The summed E-state index contributed by atoms with van der Waals surface area (Å²) in [4.78, 5) is 22.2. The summed E-state index contributed by atoms with van der Waals surface area (Å²) in [6.45, 7) is 1.55. The van der Waals surface area contributed by atoms with Crippen LogP contribution in [0.25, 0.3) is 0 Å². The Morgan fingerprint density at radius 2 is 2.00 bits per heavy atom. The fourth-order valence-electron chi connectivity index (χ4n) is 1.39. The Kier molecular flexibility index (Phi) is 4.51. The van der Waals surface area contributed by atoms with E-state index in [-0.39, 0.29) is 12.3 Å². The van der Waals surface area contributed by atoms with Gasteiger partial charge in [-0.3, -0.25) is 9.59 Å². The molecule has 0 saturated carbocycles. The topological polar surface area (TPSA) is 98.2 Å². The van der Waals surface area contributed by atoms with Crippen molar-refractivity contribution in [1.29, 1.82) is 0 Å². The van der Waals surface area contributed by atoms with Gasteiger partial charge in [0.1, 0.15) is 6.04 Å². The van der Waals surface area contributed by atoms with Crippen molar-refractivity contribution in [3.05, 3.63) is 29.8 Å². The number of aryl methyl sites for hydroxylation is 1. The van der Waals surface area contributed by atoms with Crippen molar-refractivity contribution in [3.8, 4) is 0 Å². The molecule has 0 aromatic heterocycles. The molecule has 1 unspecified atom stereocenters. The van der Waals surface area contributed by atoms with Gasteiger partial charge in [-0.1, -0.05) is 18.2 Å². The summed E-state index contributed by atoms with van der Waals surface area (Å²) in [5, 5.41) is 2.51. The van der Waals surface area contributed by atoms with Gasteiger partial charge in [-0.2, -0.15) is 0 Å². The highest BCUT2D eigenvalue weighted by molar-refractivity contribution is 5.86. The highest BCUT2D eigenvalue weighted by atomic mass is 16.2. The normalized spacial score (nSPS) is 11.8. The van der Waals surface area contributed by atoms with Crippen molar-refractivity contribution >= 4 is 17.5 Å². The minimum atomic E-state index is -0.643. The van der Waals surface area contributed by atoms with Crippen molar-refractivity contribution in [2.75, 3.05) is 5.73 Å². The minimum Gasteiger partial charge on any atom is -0.399 e. The Labute approximate surface area is 100 Å². The molecule has 5 heteroatoms. The van der Waals surface area contributed by atoms with Gasteiger partial charge in [0.05, 0.1) is 0 Å². The zero-order valence-electron chi connectivity index (χ0n) is 9.77. The first-order valence-corrected chi connectivity index (χ1v) is 5.42. The lowest BCUT2D eigenvalue weighted by Crippen LogP contribution is -2.42. The van der Waals surface area contributed by atoms with Crippen LogP contribution in [0.15, 0.2) is 24.3 Å². The van der Waals surface area contributed by atoms with Crippen LogP contribution in [0, 0.1) is 0 Å². The number of nitrogens with two attached hydrogens (primary N) is 2. The number of hydrogen-bond acceptors (Lipinski definition) is 3. The summed E-state index contributed by atoms with van der Waals surface area (Å²) in [7, 11) is 0. The predicted octanol–water partition coefficient (Wildman–Crippen LogP) is 0.191. The summed E-state index contributed by atoms with van der Waals surface area (Å²) < 4.78 is 0. The van der Waals surface area contributed by atoms with Crippen LogP contribution in [0.3, 0.4) is 0 Å². The number of hydrogen-bond donors (Lipinski definition) is 3. The molecule has 0 spiro atoms. The van der Waals surface area contributed by atoms with Crippen LogP contribution in [-0.2, 0) is 16.0 Å². The van der Waals surface area contributed by atoms with Crippen LogP contribution in [0.5, 0.6) is 0 Å². The molecule has 2 amide bonds. The molecule has 0 radical (unpaired) electrons. The Bertz CT molecular complexity index is 418. The first-order valence-electron chi connectivity index (χ1n) is 5.42. The second-order valence-corrected chi connectivity index (χ2v) is 3.89. The second kappa shape index (κ2) is 5.89. The lowest BCUT2D eigenvalue weighted by atomic mass is 10.1. The zero-order chi connectivity index (χ0) is 12.8. The zero-order valence-corrected chi connectivity index (χ0v) is 9.77. The third-order valence-electron chi connectivity index (χ3n) is 2.48. The molecule has 1 aromatic carbocycles. The predicted molar refractivity (Wildman–Crippen MR) is 66.0 cm³/mol. The molecular weight excluding hydrogens is 218 g/mol. The van der Waals surface area contributed by atoms with E-state index in [0.717, 1.165) is 5.56 Å². The van der Waals surface area contributed by atoms with Gasteiger partial charge in [-0.25, -0.2) is 0 Å². The molecule has 0 aliphatic heterocycles. The van der Waals surface area contributed by atoms with Gasteiger partial charge in [0, 0.05) is 12.1 Å². The average molecular weight is 235 g/mol. The van der Waals surface area contributed by atoms with E-state index in [1.54, 1.807) is 13.0 Å². The number of benzene rings is 1. The SMILES string of the molecule is CC(NC(=O)CCc1ccccc1N)C(N)=O. The van der Waals surface area contributed by atoms with E-state index in [1.807, 2.05) is 18.2 Å². The van der Waals surface area contributed by atoms with Gasteiger partial charge >= 0.3 is 0 Å². The Balaban J connectivity index is 2.44. The third kappa shape index (κ3) is 4.14. The first kappa shape index (κ1) is 13.0. The molecule has 1 aromatic rings. The monoisotopic (exact) mass is 235 g/mol. The van der Waals surface area contributed by atoms with Crippen LogP contribution >= 0.6 is 0 Å². The maximum absolute atomic E-state index is 11.5. The molecule has 0 aliphatic carbocycles. The van der Waals surface area contributed by atoms with Crippen molar-refractivity contribution in [3.63, 3.8) is 0 Å². The number of para-hydroxylation sites is 1. The minimum absolute atomic E-state index is 0.209. The summed E-state index contributed by atoms with van der Waals surface area (Å²) in [6, 6.07) is 6.74. The number of carbonyl (C=O) groups is 2. The highest BCUT2D eigenvalue weighted by Crippen LogP contribution is 2.12. The lowest BCUT2D eigenvalue weighted by Gasteiger charge is -2.10. The fraction of sp³-hybridized carbons (Fsp3) is 0.333. The average Bonchev–Trinajstić information content (AvgIpc) is 2.27. The molecule has 92 valence electrons. The van der Waals surface area contributed by atoms with E-state index in [0.29, 0.717) is 12.1 Å². The van der Waals surface area contributed by atoms with E-state index in [1.165, 1.54) is 0 Å². The van der Waals surface area contributed by atoms with Gasteiger partial charge in [0.25, 0.3) is 0 Å². The highest BCUT2D eigenvalue weighted by Gasteiger charge is 2.12. The van der Waals surface area contributed by atoms with E-state index in [4.69, 9.17) is 11.5 Å². The van der Waals surface area contributed by atoms with E-state index in [9.17, 15) is 9.59 Å². The molecule has 1 atom stereocenters. The van der Waals surface area contributed by atoms with Gasteiger partial charge in [0.2, 0.25) is 11.8 Å². The smallest absolute Gasteiger partial charge is 0.239 e. The number of primary amides is 1. The molecule has 0 bridgehead atoms. The standard InChI is InChI=1S/C12H17N3O2/c1-8(12(14)17)15-11(16)7-6-9-4-2-3-5-10(9)13/h2-5,8H,6-7,13H2,1H3,(H2,14,17)(H,15,16). The third-order valence-corrected chi connectivity index (χ3v) is 2.48. The van der Waals surface area contributed by atoms with Crippen LogP contribution in [0.4, 0.5) is 5.69 Å². The van der Waals surface area contributed by atoms with E-state index < -0.39 is 11.9 Å². The maximum atomic E-state index is 11.5. The maximum Gasteiger partial charge on any atom is 0.239 e. The number of rotatable bonds is 5. The summed E-state index contributed by atoms with van der Waals surface area (Å²) in [5.74, 6) is -0.753. The van der Waals surface area contributed by atoms with Gasteiger partial charge in [-0.15, -0.1) is 0 Å². The summed E-state index contributed by atoms with van der Waals surface area (Å²) >= 11 is 0. The van der Waals surface area contributed by atoms with Crippen molar-refractivity contribution in [2.24, 2.45) is 5.73 Å². The fourth-order valence-corrected chi connectivity index (χ4v) is 1.39. The molecule has 5 nitrogen and oxygen atoms in total. The van der Waals surface area contributed by atoms with Crippen LogP contribution in [0.1, 0.15) is 18.9 Å². The van der Waals surface area contributed by atoms with Crippen LogP contribution in [0.2, 0.25) is 0 Å². The second-order valence-electron chi connectivity index (χ2n) is 3.89. The van der Waals surface area contributed by atoms with Crippen molar-refractivity contribution in [2.45, 2.75) is 25.8 Å². The van der Waals surface area contributed by atoms with Gasteiger partial charge in [0.15, 0.2) is 0 Å². The molecule has 17 heavy (non-hydrogen) atoms. The molecule has 5 N–H and O–H groups in total. The molecular formula is C12H17N3O2. The van der Waals surface area contributed by atoms with Crippen LogP contribution in [-0.4, -0.2) is 17.9 Å². The molecule has 1 rings (SSSR count). The molecule has 0 fully saturated rings. The van der Waals surface area contributed by atoms with Crippen molar-refractivity contribution in [1.82, 2.24) is 5.32 Å². The summed E-state index contributed by atoms with van der Waals surface area (Å²) in [5.41, 5.74) is 12.4. The number of anilines is 1. The first-order chi connectivity index (χ1) is 8.00.